The lowest BCUT2D eigenvalue weighted by atomic mass is 10.1. The summed E-state index contributed by atoms with van der Waals surface area (Å²) in [5, 5.41) is 15.7. The van der Waals surface area contributed by atoms with Crippen molar-refractivity contribution in [2.24, 2.45) is 5.92 Å². The lowest BCUT2D eigenvalue weighted by molar-refractivity contribution is -0.141. The normalized spacial score (nSPS) is 19.3. The first-order chi connectivity index (χ1) is 12.4. The summed E-state index contributed by atoms with van der Waals surface area (Å²) in [5.41, 5.74) is -0.396. The number of aryl methyl sites for hydroxylation is 1. The first-order valence-electron chi connectivity index (χ1n) is 8.26. The summed E-state index contributed by atoms with van der Waals surface area (Å²) in [5.74, 6) is -2.60. The van der Waals surface area contributed by atoms with Crippen LogP contribution in [0.1, 0.15) is 35.4 Å². The van der Waals surface area contributed by atoms with Gasteiger partial charge in [0.2, 0.25) is 5.43 Å². The van der Waals surface area contributed by atoms with Gasteiger partial charge < -0.3 is 10.4 Å². The fourth-order valence-electron chi connectivity index (χ4n) is 3.16. The third-order valence-electron chi connectivity index (χ3n) is 4.52. The zero-order valence-corrected chi connectivity index (χ0v) is 14.1. The fraction of sp³-hybridized carbons (Fsp3) is 0.333. The molecule has 1 aliphatic carbocycles. The van der Waals surface area contributed by atoms with Crippen LogP contribution in [0.25, 0.3) is 5.69 Å². The number of carboxylic acid groups (broad SMARTS) is 1. The largest absolute Gasteiger partial charge is 0.481 e. The molecule has 1 heterocycles. The van der Waals surface area contributed by atoms with Gasteiger partial charge in [-0.3, -0.25) is 14.4 Å². The van der Waals surface area contributed by atoms with Crippen molar-refractivity contribution < 1.29 is 19.1 Å². The van der Waals surface area contributed by atoms with E-state index < -0.39 is 29.0 Å². The second-order valence-corrected chi connectivity index (χ2v) is 6.38. The Bertz CT molecular complexity index is 925. The van der Waals surface area contributed by atoms with Crippen LogP contribution in [0, 0.1) is 18.7 Å². The van der Waals surface area contributed by atoms with E-state index in [9.17, 15) is 18.8 Å². The van der Waals surface area contributed by atoms with Crippen molar-refractivity contribution in [1.82, 2.24) is 15.1 Å². The van der Waals surface area contributed by atoms with Crippen molar-refractivity contribution in [1.29, 1.82) is 0 Å². The number of carboxylic acids is 1. The lowest BCUT2D eigenvalue weighted by Gasteiger charge is -2.14. The van der Waals surface area contributed by atoms with Crippen molar-refractivity contribution >= 4 is 11.9 Å². The SMILES string of the molecule is Cc1cc(=O)c(C(=O)N[C@@H]2CC[C@H](C(=O)O)C2)nn1-c1ccccc1F. The Hall–Kier alpha value is -3.03. The summed E-state index contributed by atoms with van der Waals surface area (Å²) >= 11 is 0. The maximum atomic E-state index is 14.0. The van der Waals surface area contributed by atoms with E-state index in [4.69, 9.17) is 5.11 Å². The van der Waals surface area contributed by atoms with Gasteiger partial charge in [-0.15, -0.1) is 0 Å². The molecule has 1 saturated carbocycles. The second kappa shape index (κ2) is 7.07. The van der Waals surface area contributed by atoms with Gasteiger partial charge in [0.1, 0.15) is 11.5 Å². The van der Waals surface area contributed by atoms with Crippen molar-refractivity contribution in [2.75, 3.05) is 0 Å². The van der Waals surface area contributed by atoms with Gasteiger partial charge in [0.05, 0.1) is 5.92 Å². The summed E-state index contributed by atoms with van der Waals surface area (Å²) < 4.78 is 15.2. The molecule has 7 nitrogen and oxygen atoms in total. The molecule has 0 saturated heterocycles. The first-order valence-corrected chi connectivity index (χ1v) is 8.26. The first kappa shape index (κ1) is 17.8. The van der Waals surface area contributed by atoms with Crippen LogP contribution in [0.15, 0.2) is 35.1 Å². The van der Waals surface area contributed by atoms with E-state index in [1.807, 2.05) is 0 Å². The third-order valence-corrected chi connectivity index (χ3v) is 4.52. The highest BCUT2D eigenvalue weighted by atomic mass is 19.1. The van der Waals surface area contributed by atoms with Gasteiger partial charge in [-0.25, -0.2) is 9.07 Å². The van der Waals surface area contributed by atoms with E-state index >= 15 is 0 Å². The highest BCUT2D eigenvalue weighted by Gasteiger charge is 2.31. The highest BCUT2D eigenvalue weighted by molar-refractivity contribution is 5.92. The minimum Gasteiger partial charge on any atom is -0.481 e. The number of aromatic nitrogens is 2. The summed E-state index contributed by atoms with van der Waals surface area (Å²) in [6.07, 6.45) is 1.31. The molecule has 0 spiro atoms. The molecule has 0 bridgehead atoms. The minimum atomic E-state index is -0.892. The number of rotatable bonds is 4. The zero-order chi connectivity index (χ0) is 18.8. The number of aliphatic carboxylic acids is 1. The van der Waals surface area contributed by atoms with Gasteiger partial charge in [-0.2, -0.15) is 5.10 Å². The van der Waals surface area contributed by atoms with Gasteiger partial charge in [0, 0.05) is 17.8 Å². The minimum absolute atomic E-state index is 0.130. The average Bonchev–Trinajstić information content (AvgIpc) is 3.04. The van der Waals surface area contributed by atoms with Crippen molar-refractivity contribution in [3.63, 3.8) is 0 Å². The third kappa shape index (κ3) is 3.49. The number of hydrogen-bond acceptors (Lipinski definition) is 4. The number of nitrogens with zero attached hydrogens (tertiary/aromatic N) is 2. The standard InChI is InChI=1S/C18H18FN3O4/c1-10-8-15(23)16(21-22(10)14-5-3-2-4-13(14)19)17(24)20-12-7-6-11(9-12)18(25)26/h2-5,8,11-12H,6-7,9H2,1H3,(H,20,24)(H,25,26)/t11-,12+/m0/s1. The number of amides is 1. The van der Waals surface area contributed by atoms with Gasteiger partial charge in [0.25, 0.3) is 5.91 Å². The molecule has 2 N–H and O–H groups in total. The topological polar surface area (TPSA) is 101 Å². The Kier molecular flexibility index (Phi) is 4.83. The van der Waals surface area contributed by atoms with Crippen LogP contribution >= 0.6 is 0 Å². The Labute approximate surface area is 148 Å². The summed E-state index contributed by atoms with van der Waals surface area (Å²) in [6, 6.07) is 6.82. The molecule has 26 heavy (non-hydrogen) atoms. The van der Waals surface area contributed by atoms with E-state index in [2.05, 4.69) is 10.4 Å². The Morgan fingerprint density at radius 1 is 1.31 bits per heavy atom. The molecular formula is C18H18FN3O4. The van der Waals surface area contributed by atoms with Gasteiger partial charge in [-0.05, 0) is 38.3 Å². The van der Waals surface area contributed by atoms with Crippen LogP contribution in [0.3, 0.4) is 0 Å². The molecule has 1 aromatic carbocycles. The number of nitrogens with one attached hydrogen (secondary N) is 1. The van der Waals surface area contributed by atoms with Crippen LogP contribution in [-0.2, 0) is 4.79 Å². The van der Waals surface area contributed by atoms with E-state index in [1.165, 1.54) is 28.9 Å². The number of carbonyl (C=O) groups excluding carboxylic acids is 1. The van der Waals surface area contributed by atoms with E-state index in [-0.39, 0.29) is 17.4 Å². The van der Waals surface area contributed by atoms with Crippen LogP contribution in [0.5, 0.6) is 0 Å². The molecule has 1 aliphatic rings. The fourth-order valence-corrected chi connectivity index (χ4v) is 3.16. The van der Waals surface area contributed by atoms with Crippen molar-refractivity contribution in [3.8, 4) is 5.69 Å². The molecule has 1 amide bonds. The molecule has 1 fully saturated rings. The molecule has 136 valence electrons. The van der Waals surface area contributed by atoms with Gasteiger partial charge in [0.15, 0.2) is 5.69 Å². The monoisotopic (exact) mass is 359 g/mol. The molecule has 0 unspecified atom stereocenters. The summed E-state index contributed by atoms with van der Waals surface area (Å²) in [7, 11) is 0. The van der Waals surface area contributed by atoms with Crippen LogP contribution < -0.4 is 10.7 Å². The number of benzene rings is 1. The Morgan fingerprint density at radius 2 is 2.04 bits per heavy atom. The van der Waals surface area contributed by atoms with E-state index in [0.29, 0.717) is 25.0 Å². The average molecular weight is 359 g/mol. The van der Waals surface area contributed by atoms with Gasteiger partial charge >= 0.3 is 5.97 Å². The second-order valence-electron chi connectivity index (χ2n) is 6.38. The van der Waals surface area contributed by atoms with Crippen molar-refractivity contribution in [2.45, 2.75) is 32.2 Å². The van der Waals surface area contributed by atoms with Crippen LogP contribution in [-0.4, -0.2) is 32.8 Å². The number of carbonyl (C=O) groups is 2. The molecule has 2 aromatic rings. The summed E-state index contributed by atoms with van der Waals surface area (Å²) in [6.45, 7) is 1.59. The Morgan fingerprint density at radius 3 is 2.69 bits per heavy atom. The predicted molar refractivity (Wildman–Crippen MR) is 90.8 cm³/mol. The van der Waals surface area contributed by atoms with Crippen LogP contribution in [0.4, 0.5) is 4.39 Å². The molecule has 0 radical (unpaired) electrons. The van der Waals surface area contributed by atoms with Gasteiger partial charge in [-0.1, -0.05) is 12.1 Å². The Balaban J connectivity index is 1.87. The molecule has 0 aliphatic heterocycles. The van der Waals surface area contributed by atoms with E-state index in [0.717, 1.165) is 0 Å². The quantitative estimate of drug-likeness (QED) is 0.865. The number of hydrogen-bond donors (Lipinski definition) is 2. The predicted octanol–water partition coefficient (Wildman–Crippen LogP) is 1.66. The smallest absolute Gasteiger partial charge is 0.306 e. The lowest BCUT2D eigenvalue weighted by Crippen LogP contribution is -2.37. The van der Waals surface area contributed by atoms with E-state index in [1.54, 1.807) is 13.0 Å². The highest BCUT2D eigenvalue weighted by Crippen LogP contribution is 2.25. The molecule has 2 atom stereocenters. The van der Waals surface area contributed by atoms with Crippen molar-refractivity contribution in [3.05, 3.63) is 57.8 Å². The van der Waals surface area contributed by atoms with Crippen LogP contribution in [0.2, 0.25) is 0 Å². The number of para-hydroxylation sites is 1. The molecule has 1 aromatic heterocycles. The molecule has 8 heteroatoms. The molecule has 3 rings (SSSR count). The zero-order valence-electron chi connectivity index (χ0n) is 14.1. The molecular weight excluding hydrogens is 341 g/mol. The number of halogens is 1. The maximum absolute atomic E-state index is 14.0. The maximum Gasteiger partial charge on any atom is 0.306 e. The summed E-state index contributed by atoms with van der Waals surface area (Å²) in [4.78, 5) is 35.6.